The van der Waals surface area contributed by atoms with Crippen LogP contribution in [-0.2, 0) is 35.0 Å². The van der Waals surface area contributed by atoms with E-state index in [4.69, 9.17) is 4.74 Å². The maximum Gasteiger partial charge on any atom is 0.433 e. The first-order valence-electron chi connectivity index (χ1n) is 10.7. The van der Waals surface area contributed by atoms with Gasteiger partial charge in [0.05, 0.1) is 35.3 Å². The Hall–Kier alpha value is -3.38. The second-order valence-corrected chi connectivity index (χ2v) is 9.04. The lowest BCUT2D eigenvalue weighted by Crippen LogP contribution is -2.28. The van der Waals surface area contributed by atoms with Crippen molar-refractivity contribution < 1.29 is 31.3 Å². The summed E-state index contributed by atoms with van der Waals surface area (Å²) in [5.41, 5.74) is 0.138. The summed E-state index contributed by atoms with van der Waals surface area (Å²) in [6.07, 6.45) is -0.469. The number of amides is 1. The van der Waals surface area contributed by atoms with E-state index in [1.807, 2.05) is 0 Å². The van der Waals surface area contributed by atoms with Crippen LogP contribution in [0.25, 0.3) is 11.3 Å². The Kier molecular flexibility index (Phi) is 8.75. The molecule has 192 valence electrons. The van der Waals surface area contributed by atoms with E-state index in [1.54, 1.807) is 13.0 Å². The first-order chi connectivity index (χ1) is 17.0. The number of rotatable bonds is 9. The van der Waals surface area contributed by atoms with Gasteiger partial charge in [0, 0.05) is 37.3 Å². The number of alkyl halides is 3. The van der Waals surface area contributed by atoms with Gasteiger partial charge in [-0.05, 0) is 36.2 Å². The van der Waals surface area contributed by atoms with Crippen molar-refractivity contribution >= 4 is 16.9 Å². The van der Waals surface area contributed by atoms with Crippen molar-refractivity contribution in [3.05, 3.63) is 77.0 Å². The summed E-state index contributed by atoms with van der Waals surface area (Å²) in [4.78, 5) is 20.5. The van der Waals surface area contributed by atoms with E-state index in [0.29, 0.717) is 16.7 Å². The highest BCUT2D eigenvalue weighted by molar-refractivity contribution is 7.82. The molecule has 36 heavy (non-hydrogen) atoms. The highest BCUT2D eigenvalue weighted by Gasteiger charge is 2.33. The van der Waals surface area contributed by atoms with Gasteiger partial charge in [-0.25, -0.2) is 18.3 Å². The van der Waals surface area contributed by atoms with E-state index < -0.39 is 40.5 Å². The number of methoxy groups -OCH3 is 1. The average molecular weight is 525 g/mol. The molecule has 0 aliphatic rings. The third-order valence-electron chi connectivity index (χ3n) is 5.41. The van der Waals surface area contributed by atoms with Gasteiger partial charge in [0.25, 0.3) is 0 Å². The Balaban J connectivity index is 1.82. The van der Waals surface area contributed by atoms with Gasteiger partial charge in [-0.15, -0.1) is 0 Å². The molecule has 0 aliphatic carbocycles. The third-order valence-corrected chi connectivity index (χ3v) is 5.97. The van der Waals surface area contributed by atoms with Crippen LogP contribution in [0.5, 0.6) is 5.75 Å². The summed E-state index contributed by atoms with van der Waals surface area (Å²) in [7, 11) is 0.0711. The van der Waals surface area contributed by atoms with Gasteiger partial charge in [-0.2, -0.15) is 13.2 Å². The maximum absolute atomic E-state index is 14.4. The third kappa shape index (κ3) is 6.64. The number of hydrogen-bond donors (Lipinski definition) is 2. The molecule has 0 spiro atoms. The Bertz CT molecular complexity index is 1270. The van der Waals surface area contributed by atoms with E-state index >= 15 is 0 Å². The molecule has 0 fully saturated rings. The molecule has 0 saturated carbocycles. The molecule has 0 bridgehead atoms. The van der Waals surface area contributed by atoms with Crippen LogP contribution < -0.4 is 14.8 Å². The van der Waals surface area contributed by atoms with Crippen molar-refractivity contribution in [2.45, 2.75) is 32.1 Å². The zero-order valence-electron chi connectivity index (χ0n) is 19.6. The largest absolute Gasteiger partial charge is 0.496 e. The van der Waals surface area contributed by atoms with Crippen molar-refractivity contribution in [3.63, 3.8) is 0 Å². The van der Waals surface area contributed by atoms with E-state index in [2.05, 4.69) is 20.0 Å². The molecule has 2 heterocycles. The second-order valence-electron chi connectivity index (χ2n) is 7.84. The van der Waals surface area contributed by atoms with Gasteiger partial charge in [0.2, 0.25) is 5.91 Å². The Morgan fingerprint density at radius 1 is 1.14 bits per heavy atom. The molecular weight excluding hydrogens is 500 g/mol. The van der Waals surface area contributed by atoms with E-state index in [9.17, 15) is 26.6 Å². The molecule has 0 saturated heterocycles. The molecule has 0 aliphatic heterocycles. The standard InChI is InChI=1S/C24H24F4N4O3S/c1-14(15-4-5-16(19(25)10-15)12-31-36(3)34)23(33)30-11-17-6-7-21(24(26,27)28)32-22(17)18-13-29-9-8-20(18)35-2/h4-10,13-14,31H,11-12H2,1-3H3,(H,30,33). The van der Waals surface area contributed by atoms with Crippen molar-refractivity contribution in [2.24, 2.45) is 0 Å². The molecule has 1 aromatic carbocycles. The predicted octanol–water partition coefficient (Wildman–Crippen LogP) is 4.11. The lowest BCUT2D eigenvalue weighted by atomic mass is 9.98. The van der Waals surface area contributed by atoms with Crippen molar-refractivity contribution in [2.75, 3.05) is 13.4 Å². The summed E-state index contributed by atoms with van der Waals surface area (Å²) in [6.45, 7) is 1.52. The Morgan fingerprint density at radius 2 is 1.86 bits per heavy atom. The number of benzene rings is 1. The van der Waals surface area contributed by atoms with Crippen molar-refractivity contribution in [3.8, 4) is 17.0 Å². The van der Waals surface area contributed by atoms with Crippen LogP contribution in [0.2, 0.25) is 0 Å². The highest BCUT2D eigenvalue weighted by atomic mass is 32.2. The predicted molar refractivity (Wildman–Crippen MR) is 127 cm³/mol. The fraction of sp³-hybridized carbons (Fsp3) is 0.292. The molecule has 1 amide bonds. The number of carbonyl (C=O) groups is 1. The van der Waals surface area contributed by atoms with Crippen LogP contribution in [0.3, 0.4) is 0 Å². The van der Waals surface area contributed by atoms with Gasteiger partial charge in [0.15, 0.2) is 0 Å². The number of nitrogens with one attached hydrogen (secondary N) is 2. The number of carbonyl (C=O) groups excluding carboxylic acids is 1. The fourth-order valence-electron chi connectivity index (χ4n) is 3.40. The summed E-state index contributed by atoms with van der Waals surface area (Å²) in [5, 5.41) is 2.68. The lowest BCUT2D eigenvalue weighted by Gasteiger charge is -2.17. The number of aromatic nitrogens is 2. The van der Waals surface area contributed by atoms with Gasteiger partial charge in [-0.1, -0.05) is 18.2 Å². The molecule has 7 nitrogen and oxygen atoms in total. The van der Waals surface area contributed by atoms with Gasteiger partial charge >= 0.3 is 6.18 Å². The zero-order valence-corrected chi connectivity index (χ0v) is 20.5. The molecule has 0 radical (unpaired) electrons. The molecule has 2 atom stereocenters. The lowest BCUT2D eigenvalue weighted by molar-refractivity contribution is -0.141. The average Bonchev–Trinajstić information content (AvgIpc) is 2.85. The minimum Gasteiger partial charge on any atom is -0.496 e. The van der Waals surface area contributed by atoms with Crippen LogP contribution in [0.15, 0.2) is 48.8 Å². The number of hydrogen-bond acceptors (Lipinski definition) is 5. The maximum atomic E-state index is 14.4. The van der Waals surface area contributed by atoms with Crippen molar-refractivity contribution in [1.82, 2.24) is 20.0 Å². The summed E-state index contributed by atoms with van der Waals surface area (Å²) >= 11 is 0. The topological polar surface area (TPSA) is 93.2 Å². The number of nitrogens with zero attached hydrogens (tertiary/aromatic N) is 2. The summed E-state index contributed by atoms with van der Waals surface area (Å²) in [5.74, 6) is -1.49. The van der Waals surface area contributed by atoms with Gasteiger partial charge < -0.3 is 10.1 Å². The molecule has 2 N–H and O–H groups in total. The smallest absolute Gasteiger partial charge is 0.433 e. The number of halogens is 4. The van der Waals surface area contributed by atoms with Crippen LogP contribution >= 0.6 is 0 Å². The SMILES string of the molecule is COc1ccncc1-c1nc(C(F)(F)F)ccc1CNC(=O)C(C)c1ccc(CNS(C)=O)c(F)c1. The van der Waals surface area contributed by atoms with Gasteiger partial charge in [0.1, 0.15) is 17.3 Å². The summed E-state index contributed by atoms with van der Waals surface area (Å²) in [6, 6.07) is 7.89. The first kappa shape index (κ1) is 27.2. The zero-order chi connectivity index (χ0) is 26.5. The second kappa shape index (κ2) is 11.6. The van der Waals surface area contributed by atoms with E-state index in [-0.39, 0.29) is 30.1 Å². The number of pyridine rings is 2. The molecule has 2 unspecified atom stereocenters. The monoisotopic (exact) mass is 524 g/mol. The minimum absolute atomic E-state index is 0.0288. The molecule has 12 heteroatoms. The van der Waals surface area contributed by atoms with Crippen LogP contribution in [0.4, 0.5) is 17.6 Å². The summed E-state index contributed by atoms with van der Waals surface area (Å²) < 4.78 is 73.4. The van der Waals surface area contributed by atoms with Crippen LogP contribution in [-0.4, -0.2) is 33.4 Å². The molecule has 2 aromatic heterocycles. The number of ether oxygens (including phenoxy) is 1. The Labute approximate surface area is 207 Å². The molecule has 3 rings (SSSR count). The first-order valence-corrected chi connectivity index (χ1v) is 12.3. The molecular formula is C24H24F4N4O3S. The van der Waals surface area contributed by atoms with Crippen LogP contribution in [0, 0.1) is 5.82 Å². The fourth-order valence-corrected chi connectivity index (χ4v) is 3.76. The van der Waals surface area contributed by atoms with Crippen LogP contribution in [0.1, 0.15) is 35.2 Å². The minimum atomic E-state index is -4.67. The molecule has 3 aromatic rings. The Morgan fingerprint density at radius 3 is 2.50 bits per heavy atom. The quantitative estimate of drug-likeness (QED) is 0.411. The van der Waals surface area contributed by atoms with Crippen molar-refractivity contribution in [1.29, 1.82) is 0 Å². The van der Waals surface area contributed by atoms with E-state index in [1.165, 1.54) is 50.0 Å². The highest BCUT2D eigenvalue weighted by Crippen LogP contribution is 2.34. The van der Waals surface area contributed by atoms with E-state index in [0.717, 1.165) is 6.07 Å². The van der Waals surface area contributed by atoms with Gasteiger partial charge in [-0.3, -0.25) is 9.78 Å². The normalized spacial score (nSPS) is 13.2.